The molecule has 1 saturated heterocycles. The van der Waals surface area contributed by atoms with Crippen LogP contribution in [-0.2, 0) is 16.1 Å². The molecular formula is C23H31N9O5. The second kappa shape index (κ2) is 10.0. The molecule has 3 amide bonds. The second-order valence-corrected chi connectivity index (χ2v) is 9.74. The number of nitrogen functional groups attached to an aromatic ring is 1. The number of anilines is 1. The molecule has 1 aliphatic heterocycles. The number of hydrogen-bond donors (Lipinski definition) is 1. The van der Waals surface area contributed by atoms with Gasteiger partial charge in [0.2, 0.25) is 5.91 Å². The van der Waals surface area contributed by atoms with Gasteiger partial charge in [-0.05, 0) is 38.0 Å². The van der Waals surface area contributed by atoms with Gasteiger partial charge < -0.3 is 29.7 Å². The van der Waals surface area contributed by atoms with Gasteiger partial charge in [-0.2, -0.15) is 0 Å². The van der Waals surface area contributed by atoms with E-state index in [-0.39, 0.29) is 24.2 Å². The number of imidazole rings is 1. The monoisotopic (exact) mass is 513 g/mol. The SMILES string of the molecule is CCn1c(-c2nonc2N)nc2cncc(C(=O)N3CCN(C(=O)CN(C)C(=O)OC(C)(C)C)CC3)c21. The first-order valence-corrected chi connectivity index (χ1v) is 11.9. The molecular weight excluding hydrogens is 482 g/mol. The van der Waals surface area contributed by atoms with Gasteiger partial charge in [0.15, 0.2) is 17.3 Å². The van der Waals surface area contributed by atoms with E-state index in [1.54, 1.807) is 36.8 Å². The average molecular weight is 514 g/mol. The van der Waals surface area contributed by atoms with E-state index in [0.717, 1.165) is 0 Å². The first-order valence-electron chi connectivity index (χ1n) is 11.9. The Kier molecular flexibility index (Phi) is 7.01. The number of amides is 3. The minimum atomic E-state index is -0.648. The van der Waals surface area contributed by atoms with Crippen LogP contribution >= 0.6 is 0 Å². The fraction of sp³-hybridized carbons (Fsp3) is 0.522. The maximum Gasteiger partial charge on any atom is 0.410 e. The number of nitrogens with two attached hydrogens (primary N) is 1. The van der Waals surface area contributed by atoms with Gasteiger partial charge in [0.1, 0.15) is 17.7 Å². The van der Waals surface area contributed by atoms with Crippen LogP contribution < -0.4 is 5.73 Å². The Labute approximate surface area is 213 Å². The number of piperazine rings is 1. The van der Waals surface area contributed by atoms with E-state index in [0.29, 0.717) is 60.8 Å². The molecule has 0 aliphatic carbocycles. The van der Waals surface area contributed by atoms with Crippen molar-refractivity contribution in [2.75, 3.05) is 45.5 Å². The van der Waals surface area contributed by atoms with Gasteiger partial charge in [-0.1, -0.05) is 0 Å². The molecule has 37 heavy (non-hydrogen) atoms. The van der Waals surface area contributed by atoms with Gasteiger partial charge in [-0.15, -0.1) is 0 Å². The van der Waals surface area contributed by atoms with Crippen molar-refractivity contribution in [3.8, 4) is 11.5 Å². The van der Waals surface area contributed by atoms with Crippen molar-refractivity contribution < 1.29 is 23.7 Å². The maximum atomic E-state index is 13.5. The van der Waals surface area contributed by atoms with Crippen LogP contribution in [-0.4, -0.2) is 103 Å². The molecule has 0 radical (unpaired) electrons. The van der Waals surface area contributed by atoms with E-state index >= 15 is 0 Å². The number of ether oxygens (including phenoxy) is 1. The number of aryl methyl sites for hydroxylation is 1. The zero-order valence-corrected chi connectivity index (χ0v) is 21.6. The third kappa shape index (κ3) is 5.32. The van der Waals surface area contributed by atoms with Crippen LogP contribution in [0.3, 0.4) is 0 Å². The van der Waals surface area contributed by atoms with E-state index in [9.17, 15) is 14.4 Å². The highest BCUT2D eigenvalue weighted by Gasteiger charge is 2.30. The molecule has 0 aromatic carbocycles. The summed E-state index contributed by atoms with van der Waals surface area (Å²) in [5, 5.41) is 7.47. The number of likely N-dealkylation sites (N-methyl/N-ethyl adjacent to an activating group) is 1. The van der Waals surface area contributed by atoms with Gasteiger partial charge in [0, 0.05) is 46.0 Å². The molecule has 14 nitrogen and oxygen atoms in total. The molecule has 14 heteroatoms. The van der Waals surface area contributed by atoms with Crippen molar-refractivity contribution >= 4 is 34.8 Å². The average Bonchev–Trinajstić information content (AvgIpc) is 3.44. The van der Waals surface area contributed by atoms with Crippen molar-refractivity contribution in [3.05, 3.63) is 18.0 Å². The molecule has 2 N–H and O–H groups in total. The Morgan fingerprint density at radius 3 is 2.38 bits per heavy atom. The molecule has 1 aliphatic rings. The number of aromatic nitrogens is 5. The Bertz CT molecular complexity index is 1320. The first-order chi connectivity index (χ1) is 17.5. The molecule has 0 bridgehead atoms. The van der Waals surface area contributed by atoms with Gasteiger partial charge in [-0.25, -0.2) is 14.4 Å². The summed E-state index contributed by atoms with van der Waals surface area (Å²) in [6, 6.07) is 0. The molecule has 0 atom stereocenters. The molecule has 0 saturated carbocycles. The lowest BCUT2D eigenvalue weighted by Crippen LogP contribution is -2.53. The minimum absolute atomic E-state index is 0.101. The summed E-state index contributed by atoms with van der Waals surface area (Å²) in [5.74, 6) is 0.104. The van der Waals surface area contributed by atoms with E-state index in [2.05, 4.69) is 20.3 Å². The number of carbonyl (C=O) groups excluding carboxylic acids is 3. The lowest BCUT2D eigenvalue weighted by molar-refractivity contribution is -0.133. The van der Waals surface area contributed by atoms with Crippen molar-refractivity contribution in [1.82, 2.24) is 39.5 Å². The van der Waals surface area contributed by atoms with Gasteiger partial charge in [0.25, 0.3) is 5.91 Å². The lowest BCUT2D eigenvalue weighted by Gasteiger charge is -2.35. The largest absolute Gasteiger partial charge is 0.444 e. The minimum Gasteiger partial charge on any atom is -0.444 e. The summed E-state index contributed by atoms with van der Waals surface area (Å²) in [4.78, 5) is 51.8. The van der Waals surface area contributed by atoms with Crippen molar-refractivity contribution in [3.63, 3.8) is 0 Å². The maximum absolute atomic E-state index is 13.5. The number of hydrogen-bond acceptors (Lipinski definition) is 10. The fourth-order valence-corrected chi connectivity index (χ4v) is 4.12. The molecule has 3 aromatic rings. The van der Waals surface area contributed by atoms with Crippen LogP contribution in [0.5, 0.6) is 0 Å². The van der Waals surface area contributed by atoms with Gasteiger partial charge in [0.05, 0.1) is 17.3 Å². The Morgan fingerprint density at radius 1 is 1.11 bits per heavy atom. The van der Waals surface area contributed by atoms with Crippen LogP contribution in [0.15, 0.2) is 17.0 Å². The Balaban J connectivity index is 1.46. The van der Waals surface area contributed by atoms with Gasteiger partial charge >= 0.3 is 6.09 Å². The molecule has 0 spiro atoms. The number of pyridine rings is 1. The third-order valence-electron chi connectivity index (χ3n) is 5.92. The number of nitrogens with zero attached hydrogens (tertiary/aromatic N) is 8. The first kappa shape index (κ1) is 25.9. The molecule has 3 aromatic heterocycles. The van der Waals surface area contributed by atoms with Crippen LogP contribution in [0.1, 0.15) is 38.1 Å². The summed E-state index contributed by atoms with van der Waals surface area (Å²) < 4.78 is 11.9. The fourth-order valence-electron chi connectivity index (χ4n) is 4.12. The van der Waals surface area contributed by atoms with E-state index < -0.39 is 11.7 Å². The van der Waals surface area contributed by atoms with Gasteiger partial charge in [-0.3, -0.25) is 14.6 Å². The number of rotatable bonds is 5. The molecule has 198 valence electrons. The van der Waals surface area contributed by atoms with Crippen molar-refractivity contribution in [2.45, 2.75) is 39.8 Å². The smallest absolute Gasteiger partial charge is 0.410 e. The van der Waals surface area contributed by atoms with Crippen LogP contribution in [0.4, 0.5) is 10.6 Å². The summed E-state index contributed by atoms with van der Waals surface area (Å²) in [6.45, 7) is 8.97. The topological polar surface area (TPSA) is 166 Å². The second-order valence-electron chi connectivity index (χ2n) is 9.74. The Morgan fingerprint density at radius 2 is 1.78 bits per heavy atom. The number of carbonyl (C=O) groups is 3. The lowest BCUT2D eigenvalue weighted by atomic mass is 10.2. The van der Waals surface area contributed by atoms with Crippen LogP contribution in [0.25, 0.3) is 22.6 Å². The summed E-state index contributed by atoms with van der Waals surface area (Å²) in [5.41, 5.74) is 7.03. The van der Waals surface area contributed by atoms with E-state index in [1.165, 1.54) is 18.1 Å². The van der Waals surface area contributed by atoms with Crippen molar-refractivity contribution in [2.24, 2.45) is 0 Å². The summed E-state index contributed by atoms with van der Waals surface area (Å²) >= 11 is 0. The molecule has 4 heterocycles. The number of fused-ring (bicyclic) bond motifs is 1. The molecule has 4 rings (SSSR count). The molecule has 1 fully saturated rings. The Hall–Kier alpha value is -4.23. The highest BCUT2D eigenvalue weighted by Crippen LogP contribution is 2.28. The predicted octanol–water partition coefficient (Wildman–Crippen LogP) is 1.23. The summed E-state index contributed by atoms with van der Waals surface area (Å²) in [6.07, 6.45) is 2.52. The zero-order chi connectivity index (χ0) is 26.9. The zero-order valence-electron chi connectivity index (χ0n) is 21.6. The van der Waals surface area contributed by atoms with Crippen molar-refractivity contribution in [1.29, 1.82) is 0 Å². The quantitative estimate of drug-likeness (QED) is 0.524. The van der Waals surface area contributed by atoms with E-state index in [1.807, 2.05) is 11.5 Å². The van der Waals surface area contributed by atoms with Crippen LogP contribution in [0.2, 0.25) is 0 Å². The predicted molar refractivity (Wildman–Crippen MR) is 132 cm³/mol. The normalized spacial score (nSPS) is 14.2. The standard InChI is InChI=1S/C23H31N9O5/c1-6-32-18-14(11-25-12-15(18)26-20(32)17-19(24)28-37-27-17)21(34)31-9-7-30(8-10-31)16(33)13-29(5)22(35)36-23(2,3)4/h11-12H,6-10,13H2,1-5H3,(H2,24,28). The highest BCUT2D eigenvalue weighted by atomic mass is 16.6. The third-order valence-corrected chi connectivity index (χ3v) is 5.92. The summed E-state index contributed by atoms with van der Waals surface area (Å²) in [7, 11) is 1.52. The highest BCUT2D eigenvalue weighted by molar-refractivity contribution is 6.05. The van der Waals surface area contributed by atoms with E-state index in [4.69, 9.17) is 15.1 Å². The van der Waals surface area contributed by atoms with Crippen LogP contribution in [0, 0.1) is 0 Å². The molecule has 0 unspecified atom stereocenters.